The topological polar surface area (TPSA) is 48.4 Å². The second kappa shape index (κ2) is 6.10. The molecule has 0 amide bonds. The second-order valence-corrected chi connectivity index (χ2v) is 3.64. The molecule has 1 rings (SSSR count). The van der Waals surface area contributed by atoms with E-state index in [1.54, 1.807) is 12.4 Å². The van der Waals surface area contributed by atoms with E-state index >= 15 is 0 Å². The van der Waals surface area contributed by atoms with Gasteiger partial charge in [-0.3, -0.25) is 9.78 Å². The van der Waals surface area contributed by atoms with Gasteiger partial charge in [0.2, 0.25) is 0 Å². The molecule has 0 aromatic carbocycles. The normalized spacial score (nSPS) is 9.94. The molecule has 0 N–H and O–H groups in total. The Kier molecular flexibility index (Phi) is 4.76. The lowest BCUT2D eigenvalue weighted by molar-refractivity contribution is -0.141. The third-order valence-corrected chi connectivity index (χ3v) is 2.09. The summed E-state index contributed by atoms with van der Waals surface area (Å²) in [6.07, 6.45) is 4.24. The molecular weight excluding hydrogens is 206 g/mol. The lowest BCUT2D eigenvalue weighted by Gasteiger charge is -2.11. The fraction of sp³-hybridized carbons (Fsp3) is 0.500. The van der Waals surface area contributed by atoms with Crippen molar-refractivity contribution in [1.29, 1.82) is 0 Å². The Labute approximate surface area is 95.6 Å². The summed E-state index contributed by atoms with van der Waals surface area (Å²) in [6.45, 7) is 6.26. The van der Waals surface area contributed by atoms with E-state index in [2.05, 4.69) is 4.98 Å². The third kappa shape index (κ3) is 3.88. The SMILES string of the molecule is CC(=O)OCCCOc1c(C)cncc1C. The Morgan fingerprint density at radius 2 is 1.88 bits per heavy atom. The fourth-order valence-corrected chi connectivity index (χ4v) is 1.37. The highest BCUT2D eigenvalue weighted by molar-refractivity contribution is 5.65. The molecule has 0 saturated heterocycles. The molecule has 1 aromatic rings. The van der Waals surface area contributed by atoms with Crippen molar-refractivity contribution in [2.45, 2.75) is 27.2 Å². The molecule has 0 unspecified atom stereocenters. The molecule has 0 saturated carbocycles. The minimum absolute atomic E-state index is 0.253. The van der Waals surface area contributed by atoms with Crippen LogP contribution in [0, 0.1) is 13.8 Å². The maximum Gasteiger partial charge on any atom is 0.302 e. The molecule has 0 fully saturated rings. The number of rotatable bonds is 5. The van der Waals surface area contributed by atoms with E-state index < -0.39 is 0 Å². The summed E-state index contributed by atoms with van der Waals surface area (Å²) in [7, 11) is 0. The van der Waals surface area contributed by atoms with E-state index in [-0.39, 0.29) is 5.97 Å². The zero-order chi connectivity index (χ0) is 12.0. The molecule has 1 aromatic heterocycles. The number of aryl methyl sites for hydroxylation is 2. The van der Waals surface area contributed by atoms with Gasteiger partial charge in [-0.1, -0.05) is 0 Å². The first-order valence-electron chi connectivity index (χ1n) is 5.28. The van der Waals surface area contributed by atoms with Crippen LogP contribution in [0.25, 0.3) is 0 Å². The predicted octanol–water partition coefficient (Wildman–Crippen LogP) is 2.03. The van der Waals surface area contributed by atoms with Crippen LogP contribution in [0.3, 0.4) is 0 Å². The van der Waals surface area contributed by atoms with Gasteiger partial charge in [0.15, 0.2) is 0 Å². The van der Waals surface area contributed by atoms with Crippen molar-refractivity contribution in [2.24, 2.45) is 0 Å². The molecule has 0 atom stereocenters. The van der Waals surface area contributed by atoms with Crippen LogP contribution in [0.2, 0.25) is 0 Å². The van der Waals surface area contributed by atoms with Gasteiger partial charge in [-0.2, -0.15) is 0 Å². The fourth-order valence-electron chi connectivity index (χ4n) is 1.37. The number of pyridine rings is 1. The van der Waals surface area contributed by atoms with Crippen molar-refractivity contribution >= 4 is 5.97 Å². The Bertz CT molecular complexity index is 343. The molecule has 1 heterocycles. The minimum Gasteiger partial charge on any atom is -0.493 e. The van der Waals surface area contributed by atoms with E-state index in [9.17, 15) is 4.79 Å². The maximum atomic E-state index is 10.5. The summed E-state index contributed by atoms with van der Waals surface area (Å²) >= 11 is 0. The Hall–Kier alpha value is -1.58. The van der Waals surface area contributed by atoms with Crippen LogP contribution < -0.4 is 4.74 Å². The van der Waals surface area contributed by atoms with Gasteiger partial charge in [0.1, 0.15) is 5.75 Å². The minimum atomic E-state index is -0.253. The molecule has 0 aliphatic heterocycles. The third-order valence-electron chi connectivity index (χ3n) is 2.09. The van der Waals surface area contributed by atoms with E-state index in [1.165, 1.54) is 6.92 Å². The molecule has 16 heavy (non-hydrogen) atoms. The van der Waals surface area contributed by atoms with E-state index in [4.69, 9.17) is 9.47 Å². The lowest BCUT2D eigenvalue weighted by Crippen LogP contribution is -2.07. The lowest BCUT2D eigenvalue weighted by atomic mass is 10.2. The highest BCUT2D eigenvalue weighted by Gasteiger charge is 2.03. The first-order valence-corrected chi connectivity index (χ1v) is 5.28. The zero-order valence-corrected chi connectivity index (χ0v) is 9.95. The summed E-state index contributed by atoms with van der Waals surface area (Å²) in [5.74, 6) is 0.620. The van der Waals surface area contributed by atoms with Gasteiger partial charge in [-0.25, -0.2) is 0 Å². The first-order chi connectivity index (χ1) is 7.61. The smallest absolute Gasteiger partial charge is 0.302 e. The number of ether oxygens (including phenoxy) is 2. The number of aromatic nitrogens is 1. The van der Waals surface area contributed by atoms with E-state index in [1.807, 2.05) is 13.8 Å². The average Bonchev–Trinajstić information content (AvgIpc) is 2.21. The van der Waals surface area contributed by atoms with Crippen molar-refractivity contribution in [3.8, 4) is 5.75 Å². The van der Waals surface area contributed by atoms with Crippen molar-refractivity contribution in [2.75, 3.05) is 13.2 Å². The highest BCUT2D eigenvalue weighted by Crippen LogP contribution is 2.20. The van der Waals surface area contributed by atoms with Crippen molar-refractivity contribution in [1.82, 2.24) is 4.98 Å². The zero-order valence-electron chi connectivity index (χ0n) is 9.95. The van der Waals surface area contributed by atoms with Crippen LogP contribution in [0.4, 0.5) is 0 Å². The van der Waals surface area contributed by atoms with Crippen LogP contribution in [0.15, 0.2) is 12.4 Å². The largest absolute Gasteiger partial charge is 0.493 e. The second-order valence-electron chi connectivity index (χ2n) is 3.64. The standard InChI is InChI=1S/C12H17NO3/c1-9-7-13-8-10(2)12(9)16-6-4-5-15-11(3)14/h7-8H,4-6H2,1-3H3. The van der Waals surface area contributed by atoms with E-state index in [0.717, 1.165) is 16.9 Å². The first kappa shape index (κ1) is 12.5. The Morgan fingerprint density at radius 1 is 1.25 bits per heavy atom. The number of carbonyl (C=O) groups is 1. The van der Waals surface area contributed by atoms with Crippen LogP contribution in [0.1, 0.15) is 24.5 Å². The molecule has 0 aliphatic rings. The molecule has 0 spiro atoms. The summed E-state index contributed by atoms with van der Waals surface area (Å²) < 4.78 is 10.4. The summed E-state index contributed by atoms with van der Waals surface area (Å²) in [6, 6.07) is 0. The molecule has 88 valence electrons. The van der Waals surface area contributed by atoms with Gasteiger partial charge < -0.3 is 9.47 Å². The average molecular weight is 223 g/mol. The molecule has 4 nitrogen and oxygen atoms in total. The molecule has 0 radical (unpaired) electrons. The van der Waals surface area contributed by atoms with Crippen LogP contribution >= 0.6 is 0 Å². The summed E-state index contributed by atoms with van der Waals surface area (Å²) in [5.41, 5.74) is 2.04. The predicted molar refractivity (Wildman–Crippen MR) is 60.5 cm³/mol. The number of hydrogen-bond donors (Lipinski definition) is 0. The summed E-state index contributed by atoms with van der Waals surface area (Å²) in [4.78, 5) is 14.6. The maximum absolute atomic E-state index is 10.5. The van der Waals surface area contributed by atoms with Crippen LogP contribution in [-0.2, 0) is 9.53 Å². The molecular formula is C12H17NO3. The van der Waals surface area contributed by atoms with Gasteiger partial charge in [0.25, 0.3) is 0 Å². The number of hydrogen-bond acceptors (Lipinski definition) is 4. The van der Waals surface area contributed by atoms with Gasteiger partial charge in [0.05, 0.1) is 13.2 Å². The van der Waals surface area contributed by atoms with Gasteiger partial charge in [-0.05, 0) is 13.8 Å². The monoisotopic (exact) mass is 223 g/mol. The number of nitrogens with zero attached hydrogens (tertiary/aromatic N) is 1. The molecule has 4 heteroatoms. The van der Waals surface area contributed by atoms with Crippen LogP contribution in [-0.4, -0.2) is 24.2 Å². The van der Waals surface area contributed by atoms with Crippen molar-refractivity contribution in [3.63, 3.8) is 0 Å². The highest BCUT2D eigenvalue weighted by atomic mass is 16.5. The quantitative estimate of drug-likeness (QED) is 0.566. The molecule has 0 aliphatic carbocycles. The van der Waals surface area contributed by atoms with Crippen molar-refractivity contribution < 1.29 is 14.3 Å². The summed E-state index contributed by atoms with van der Waals surface area (Å²) in [5, 5.41) is 0. The van der Waals surface area contributed by atoms with Crippen molar-refractivity contribution in [3.05, 3.63) is 23.5 Å². The van der Waals surface area contributed by atoms with Gasteiger partial charge >= 0.3 is 5.97 Å². The molecule has 0 bridgehead atoms. The van der Waals surface area contributed by atoms with Gasteiger partial charge in [-0.15, -0.1) is 0 Å². The van der Waals surface area contributed by atoms with Gasteiger partial charge in [0, 0.05) is 36.9 Å². The van der Waals surface area contributed by atoms with E-state index in [0.29, 0.717) is 19.6 Å². The Balaban J connectivity index is 2.34. The Morgan fingerprint density at radius 3 is 2.44 bits per heavy atom. The number of carbonyl (C=O) groups excluding carboxylic acids is 1. The number of esters is 1. The van der Waals surface area contributed by atoms with Crippen LogP contribution in [0.5, 0.6) is 5.75 Å².